The highest BCUT2D eigenvalue weighted by atomic mass is 35.5. The monoisotopic (exact) mass is 409 g/mol. The average Bonchev–Trinajstić information content (AvgIpc) is 2.67. The van der Waals surface area contributed by atoms with Gasteiger partial charge in [0.2, 0.25) is 10.0 Å². The Labute approximate surface area is 162 Å². The first-order valence-corrected chi connectivity index (χ1v) is 10.0. The molecule has 0 amide bonds. The Morgan fingerprint density at radius 1 is 1.11 bits per heavy atom. The Morgan fingerprint density at radius 2 is 1.81 bits per heavy atom. The maximum absolute atomic E-state index is 13.0. The lowest BCUT2D eigenvalue weighted by Gasteiger charge is -2.35. The molecular formula is C18H18ClN2O5S-. The molecular weight excluding hydrogens is 392 g/mol. The van der Waals surface area contributed by atoms with Crippen LogP contribution in [0.1, 0.15) is 10.4 Å². The van der Waals surface area contributed by atoms with Crippen LogP contribution in [0.4, 0.5) is 5.69 Å². The van der Waals surface area contributed by atoms with E-state index in [9.17, 15) is 18.3 Å². The van der Waals surface area contributed by atoms with Gasteiger partial charge < -0.3 is 19.5 Å². The number of aromatic carboxylic acids is 1. The summed E-state index contributed by atoms with van der Waals surface area (Å²) in [5.41, 5.74) is 0.711. The number of carbonyl (C=O) groups is 1. The van der Waals surface area contributed by atoms with Crippen LogP contribution < -0.4 is 14.7 Å². The number of methoxy groups -OCH3 is 1. The minimum absolute atomic E-state index is 0.0947. The predicted molar refractivity (Wildman–Crippen MR) is 99.7 cm³/mol. The molecule has 3 rings (SSSR count). The first kappa shape index (κ1) is 19.5. The second kappa shape index (κ2) is 7.75. The van der Waals surface area contributed by atoms with Crippen molar-refractivity contribution in [3.8, 4) is 5.75 Å². The van der Waals surface area contributed by atoms with Gasteiger partial charge in [-0.3, -0.25) is 0 Å². The summed E-state index contributed by atoms with van der Waals surface area (Å²) < 4.78 is 32.5. The van der Waals surface area contributed by atoms with Crippen LogP contribution in [0.3, 0.4) is 0 Å². The van der Waals surface area contributed by atoms with E-state index in [2.05, 4.69) is 0 Å². The standard InChI is InChI=1S/C18H19ClN2O5S/c1-26-16-6-5-13(18(22)23)11-17(16)27(24,25)21-9-7-20(8-10-21)15-4-2-3-14(19)12-15/h2-6,11-12H,7-10H2,1H3,(H,22,23)/p-1. The number of benzene rings is 2. The Morgan fingerprint density at radius 3 is 2.41 bits per heavy atom. The third kappa shape index (κ3) is 4.02. The molecule has 0 aliphatic carbocycles. The molecule has 2 aromatic carbocycles. The SMILES string of the molecule is COc1ccc(C(=O)[O-])cc1S(=O)(=O)N1CCN(c2cccc(Cl)c2)CC1. The van der Waals surface area contributed by atoms with Crippen molar-refractivity contribution in [2.45, 2.75) is 4.90 Å². The molecule has 0 N–H and O–H groups in total. The van der Waals surface area contributed by atoms with Crippen LogP contribution >= 0.6 is 11.6 Å². The van der Waals surface area contributed by atoms with E-state index in [1.54, 1.807) is 6.07 Å². The zero-order chi connectivity index (χ0) is 19.6. The van der Waals surface area contributed by atoms with Crippen molar-refractivity contribution in [3.63, 3.8) is 0 Å². The summed E-state index contributed by atoms with van der Waals surface area (Å²) in [5, 5.41) is 11.7. The molecule has 9 heteroatoms. The van der Waals surface area contributed by atoms with Crippen molar-refractivity contribution in [1.29, 1.82) is 0 Å². The summed E-state index contributed by atoms with van der Waals surface area (Å²) in [6, 6.07) is 11.0. The normalized spacial score (nSPS) is 15.6. The van der Waals surface area contributed by atoms with Gasteiger partial charge in [-0.1, -0.05) is 17.7 Å². The largest absolute Gasteiger partial charge is 0.545 e. The molecule has 7 nitrogen and oxygen atoms in total. The van der Waals surface area contributed by atoms with Gasteiger partial charge in [-0.15, -0.1) is 0 Å². The number of nitrogens with zero attached hydrogens (tertiary/aromatic N) is 2. The summed E-state index contributed by atoms with van der Waals surface area (Å²) in [6.45, 7) is 1.49. The number of hydrogen-bond donors (Lipinski definition) is 0. The van der Waals surface area contributed by atoms with Gasteiger partial charge in [0.05, 0.1) is 13.1 Å². The molecule has 1 aliphatic heterocycles. The smallest absolute Gasteiger partial charge is 0.246 e. The molecule has 1 heterocycles. The molecule has 2 aromatic rings. The van der Waals surface area contributed by atoms with Crippen LogP contribution in [-0.2, 0) is 10.0 Å². The topological polar surface area (TPSA) is 90.0 Å². The molecule has 0 unspecified atom stereocenters. The fraction of sp³-hybridized carbons (Fsp3) is 0.278. The number of sulfonamides is 1. The van der Waals surface area contributed by atoms with E-state index in [-0.39, 0.29) is 29.3 Å². The second-order valence-electron chi connectivity index (χ2n) is 6.02. The number of piperazine rings is 1. The van der Waals surface area contributed by atoms with Crippen LogP contribution in [0.2, 0.25) is 5.02 Å². The highest BCUT2D eigenvalue weighted by Crippen LogP contribution is 2.29. The molecule has 27 heavy (non-hydrogen) atoms. The summed E-state index contributed by atoms with van der Waals surface area (Å²) in [4.78, 5) is 13.0. The summed E-state index contributed by atoms with van der Waals surface area (Å²) >= 11 is 6.02. The van der Waals surface area contributed by atoms with E-state index in [0.717, 1.165) is 11.8 Å². The van der Waals surface area contributed by atoms with Crippen LogP contribution in [-0.4, -0.2) is 52.0 Å². The van der Waals surface area contributed by atoms with Crippen LogP contribution in [0.5, 0.6) is 5.75 Å². The molecule has 1 saturated heterocycles. The van der Waals surface area contributed by atoms with Gasteiger partial charge in [-0.05, 0) is 42.0 Å². The van der Waals surface area contributed by atoms with E-state index in [1.165, 1.54) is 23.5 Å². The number of hydrogen-bond acceptors (Lipinski definition) is 6. The van der Waals surface area contributed by atoms with Gasteiger partial charge in [0.15, 0.2) is 0 Å². The molecule has 0 atom stereocenters. The third-order valence-electron chi connectivity index (χ3n) is 4.43. The maximum Gasteiger partial charge on any atom is 0.246 e. The van der Waals surface area contributed by atoms with Gasteiger partial charge in [0.25, 0.3) is 0 Å². The Hall–Kier alpha value is -2.29. The fourth-order valence-corrected chi connectivity index (χ4v) is 4.79. The molecule has 0 aromatic heterocycles. The first-order chi connectivity index (χ1) is 12.8. The van der Waals surface area contributed by atoms with E-state index >= 15 is 0 Å². The maximum atomic E-state index is 13.0. The van der Waals surface area contributed by atoms with Gasteiger partial charge in [0, 0.05) is 36.9 Å². The molecule has 0 spiro atoms. The number of ether oxygens (including phenoxy) is 1. The zero-order valence-electron chi connectivity index (χ0n) is 14.6. The van der Waals surface area contributed by atoms with E-state index < -0.39 is 16.0 Å². The minimum Gasteiger partial charge on any atom is -0.545 e. The molecule has 0 bridgehead atoms. The van der Waals surface area contributed by atoms with Gasteiger partial charge in [0.1, 0.15) is 10.6 Å². The highest BCUT2D eigenvalue weighted by Gasteiger charge is 2.31. The molecule has 0 saturated carbocycles. The lowest BCUT2D eigenvalue weighted by molar-refractivity contribution is -0.255. The molecule has 1 fully saturated rings. The van der Waals surface area contributed by atoms with Crippen molar-refractivity contribution in [2.24, 2.45) is 0 Å². The molecule has 0 radical (unpaired) electrons. The zero-order valence-corrected chi connectivity index (χ0v) is 16.2. The number of carboxylic acid groups (broad SMARTS) is 1. The quantitative estimate of drug-likeness (QED) is 0.737. The lowest BCUT2D eigenvalue weighted by atomic mass is 10.2. The van der Waals surface area contributed by atoms with E-state index in [1.807, 2.05) is 23.1 Å². The van der Waals surface area contributed by atoms with Gasteiger partial charge in [-0.25, -0.2) is 8.42 Å². The number of carboxylic acids is 1. The second-order valence-corrected chi connectivity index (χ2v) is 8.37. The summed E-state index contributed by atoms with van der Waals surface area (Å²) in [6.07, 6.45) is 0. The molecule has 1 aliphatic rings. The minimum atomic E-state index is -3.91. The Balaban J connectivity index is 1.83. The number of anilines is 1. The Bertz CT molecular complexity index is 956. The summed E-state index contributed by atoms with van der Waals surface area (Å²) in [7, 11) is -2.57. The fourth-order valence-electron chi connectivity index (χ4n) is 3.00. The van der Waals surface area contributed by atoms with Crippen molar-refractivity contribution in [1.82, 2.24) is 4.31 Å². The van der Waals surface area contributed by atoms with Gasteiger partial charge in [-0.2, -0.15) is 4.31 Å². The summed E-state index contributed by atoms with van der Waals surface area (Å²) in [5.74, 6) is -1.35. The van der Waals surface area contributed by atoms with Crippen molar-refractivity contribution in [2.75, 3.05) is 38.2 Å². The van der Waals surface area contributed by atoms with E-state index in [0.29, 0.717) is 18.1 Å². The van der Waals surface area contributed by atoms with Crippen LogP contribution in [0, 0.1) is 0 Å². The van der Waals surface area contributed by atoms with Crippen LogP contribution in [0.15, 0.2) is 47.4 Å². The number of rotatable bonds is 5. The molecule has 144 valence electrons. The van der Waals surface area contributed by atoms with Crippen molar-refractivity contribution < 1.29 is 23.1 Å². The number of carbonyl (C=O) groups excluding carboxylic acids is 1. The first-order valence-electron chi connectivity index (χ1n) is 8.23. The van der Waals surface area contributed by atoms with Crippen molar-refractivity contribution >= 4 is 33.3 Å². The highest BCUT2D eigenvalue weighted by molar-refractivity contribution is 7.89. The third-order valence-corrected chi connectivity index (χ3v) is 6.58. The van der Waals surface area contributed by atoms with Crippen molar-refractivity contribution in [3.05, 3.63) is 53.1 Å². The average molecular weight is 410 g/mol. The van der Waals surface area contributed by atoms with E-state index in [4.69, 9.17) is 16.3 Å². The number of halogens is 1. The predicted octanol–water partition coefficient (Wildman–Crippen LogP) is 1.22. The Kier molecular flexibility index (Phi) is 5.59. The van der Waals surface area contributed by atoms with Crippen LogP contribution in [0.25, 0.3) is 0 Å². The lowest BCUT2D eigenvalue weighted by Crippen LogP contribution is -2.48. The van der Waals surface area contributed by atoms with Gasteiger partial charge >= 0.3 is 0 Å².